The van der Waals surface area contributed by atoms with E-state index < -0.39 is 0 Å². The Morgan fingerprint density at radius 2 is 0.479 bits per heavy atom. The van der Waals surface area contributed by atoms with Crippen molar-refractivity contribution in [3.63, 3.8) is 0 Å². The van der Waals surface area contributed by atoms with Gasteiger partial charge in [-0.3, -0.25) is 20.0 Å². The standard InChI is InChI=1S/2C30H39N3.C4H10O/c2*1-19(2)25-11-9-12-26(20(3)4)29(25)31-17-23-15-16-24(33-23)18-32-30-27(21(5)6)13-10-14-28(30)22(7)8;1-3-5-4-2/h2*9-22,33H,1-8H3;3-4H2,1-2H3. The van der Waals surface area contributed by atoms with Crippen LogP contribution in [0.1, 0.15) is 239 Å². The SMILES string of the molecule is CC(C)c1cccc(C(C)C)c1N=Cc1ccc(C=Nc2c(C(C)C)cccc2C(C)C)[nH]1.CC(C)c1cccc(C(C)C)c1N=Cc1ccc(C=Nc2c(C(C)C)cccc2C(C)C)[nH]1.CCOCC. The molecule has 6 rings (SSSR count). The average Bonchev–Trinajstić information content (AvgIpc) is 4.00. The van der Waals surface area contributed by atoms with Crippen LogP contribution in [0.25, 0.3) is 0 Å². The predicted molar refractivity (Wildman–Crippen MR) is 311 cm³/mol. The second-order valence-electron chi connectivity index (χ2n) is 20.9. The minimum Gasteiger partial charge on any atom is -0.382 e. The fourth-order valence-corrected chi connectivity index (χ4v) is 8.54. The summed E-state index contributed by atoms with van der Waals surface area (Å²) in [5.41, 5.74) is 18.6. The number of nitrogens with one attached hydrogen (secondary N) is 2. The van der Waals surface area contributed by atoms with Gasteiger partial charge in [0.05, 0.1) is 70.4 Å². The van der Waals surface area contributed by atoms with E-state index in [4.69, 9.17) is 24.7 Å². The molecule has 0 amide bonds. The molecule has 2 N–H and O–H groups in total. The first-order valence-electron chi connectivity index (χ1n) is 26.4. The van der Waals surface area contributed by atoms with Crippen molar-refractivity contribution in [3.05, 3.63) is 164 Å². The number of aromatic nitrogens is 2. The molecule has 0 unspecified atom stereocenters. The fourth-order valence-electron chi connectivity index (χ4n) is 8.54. The first-order chi connectivity index (χ1) is 33.8. The smallest absolute Gasteiger partial charge is 0.0699 e. The first kappa shape index (κ1) is 57.7. The van der Waals surface area contributed by atoms with Gasteiger partial charge in [0.2, 0.25) is 0 Å². The third kappa shape index (κ3) is 16.6. The maximum Gasteiger partial charge on any atom is 0.0699 e. The topological polar surface area (TPSA) is 90.2 Å². The predicted octanol–water partition coefficient (Wildman–Crippen LogP) is 19.1. The second kappa shape index (κ2) is 28.2. The Kier molecular flexibility index (Phi) is 22.9. The van der Waals surface area contributed by atoms with E-state index >= 15 is 0 Å². The van der Waals surface area contributed by atoms with E-state index in [1.807, 2.05) is 38.7 Å². The first-order valence-corrected chi connectivity index (χ1v) is 26.4. The second-order valence-corrected chi connectivity index (χ2v) is 20.9. The van der Waals surface area contributed by atoms with Crippen LogP contribution >= 0.6 is 0 Å². The van der Waals surface area contributed by atoms with Gasteiger partial charge in [-0.15, -0.1) is 0 Å². The highest BCUT2D eigenvalue weighted by atomic mass is 16.5. The Hall–Kier alpha value is -5.92. The highest BCUT2D eigenvalue weighted by molar-refractivity contribution is 5.87. The Balaban J connectivity index is 0.000000282. The van der Waals surface area contributed by atoms with E-state index in [0.717, 1.165) is 58.7 Å². The zero-order chi connectivity index (χ0) is 52.4. The van der Waals surface area contributed by atoms with Gasteiger partial charge < -0.3 is 14.7 Å². The number of para-hydroxylation sites is 4. The fraction of sp³-hybridized carbons (Fsp3) is 0.438. The van der Waals surface area contributed by atoms with Crippen LogP contribution in [-0.4, -0.2) is 48.0 Å². The highest BCUT2D eigenvalue weighted by Gasteiger charge is 2.16. The maximum atomic E-state index is 4.92. The monoisotopic (exact) mass is 957 g/mol. The molecule has 0 fully saturated rings. The molecule has 0 aliphatic heterocycles. The molecule has 0 saturated heterocycles. The van der Waals surface area contributed by atoms with Gasteiger partial charge in [0.25, 0.3) is 0 Å². The van der Waals surface area contributed by atoms with Crippen molar-refractivity contribution >= 4 is 47.6 Å². The number of aliphatic imine (C=N–C) groups is 4. The quantitative estimate of drug-likeness (QED) is 0.0826. The molecule has 2 aromatic heterocycles. The van der Waals surface area contributed by atoms with E-state index in [1.165, 1.54) is 44.5 Å². The van der Waals surface area contributed by atoms with Crippen molar-refractivity contribution in [2.24, 2.45) is 20.0 Å². The molecule has 380 valence electrons. The van der Waals surface area contributed by atoms with Crippen molar-refractivity contribution in [3.8, 4) is 0 Å². The van der Waals surface area contributed by atoms with Gasteiger partial charge in [0.1, 0.15) is 0 Å². The van der Waals surface area contributed by atoms with Gasteiger partial charge in [-0.05, 0) is 130 Å². The normalized spacial score (nSPS) is 12.2. The summed E-state index contributed by atoms with van der Waals surface area (Å²) in [6.07, 6.45) is 7.75. The number of benzene rings is 4. The van der Waals surface area contributed by atoms with Crippen LogP contribution in [0.15, 0.2) is 117 Å². The number of ether oxygens (including phenoxy) is 1. The van der Waals surface area contributed by atoms with Crippen LogP contribution in [0.5, 0.6) is 0 Å². The minimum atomic E-state index is 0.429. The molecular formula is C64H88N6O. The molecule has 0 radical (unpaired) electrons. The molecule has 0 aliphatic carbocycles. The molecule has 2 heterocycles. The summed E-state index contributed by atoms with van der Waals surface area (Å²) in [6.45, 7) is 41.3. The lowest BCUT2D eigenvalue weighted by molar-refractivity contribution is 0.162. The van der Waals surface area contributed by atoms with Gasteiger partial charge in [-0.25, -0.2) is 0 Å². The van der Waals surface area contributed by atoms with Crippen LogP contribution in [0.2, 0.25) is 0 Å². The number of aromatic amines is 2. The lowest BCUT2D eigenvalue weighted by Crippen LogP contribution is -1.96. The number of rotatable bonds is 18. The number of hydrogen-bond acceptors (Lipinski definition) is 5. The zero-order valence-corrected chi connectivity index (χ0v) is 46.8. The van der Waals surface area contributed by atoms with Gasteiger partial charge >= 0.3 is 0 Å². The Bertz CT molecular complexity index is 2210. The van der Waals surface area contributed by atoms with E-state index in [2.05, 4.69) is 218 Å². The largest absolute Gasteiger partial charge is 0.382 e. The van der Waals surface area contributed by atoms with Crippen molar-refractivity contribution in [1.82, 2.24) is 9.97 Å². The van der Waals surface area contributed by atoms with Crippen LogP contribution in [0.4, 0.5) is 22.7 Å². The molecule has 0 saturated carbocycles. The van der Waals surface area contributed by atoms with Crippen molar-refractivity contribution in [2.45, 2.75) is 172 Å². The molecule has 4 aromatic carbocycles. The third-order valence-corrected chi connectivity index (χ3v) is 12.6. The summed E-state index contributed by atoms with van der Waals surface area (Å²) in [7, 11) is 0. The van der Waals surface area contributed by atoms with E-state index in [0.29, 0.717) is 47.3 Å². The maximum absolute atomic E-state index is 4.92. The number of hydrogen-bond donors (Lipinski definition) is 2. The molecule has 71 heavy (non-hydrogen) atoms. The molecule has 0 aliphatic rings. The summed E-state index contributed by atoms with van der Waals surface area (Å²) in [5, 5.41) is 0. The minimum absolute atomic E-state index is 0.429. The van der Waals surface area contributed by atoms with Gasteiger partial charge in [0.15, 0.2) is 0 Å². The van der Waals surface area contributed by atoms with Crippen molar-refractivity contribution in [2.75, 3.05) is 13.2 Å². The van der Waals surface area contributed by atoms with Crippen LogP contribution in [0.3, 0.4) is 0 Å². The summed E-state index contributed by atoms with van der Waals surface area (Å²) < 4.78 is 4.83. The van der Waals surface area contributed by atoms with E-state index in [1.54, 1.807) is 0 Å². The molecule has 0 atom stereocenters. The summed E-state index contributed by atoms with van der Waals surface area (Å²) >= 11 is 0. The Morgan fingerprint density at radius 3 is 0.606 bits per heavy atom. The summed E-state index contributed by atoms with van der Waals surface area (Å²) in [5.74, 6) is 3.43. The Morgan fingerprint density at radius 1 is 0.310 bits per heavy atom. The molecule has 0 spiro atoms. The molecule has 0 bridgehead atoms. The van der Waals surface area contributed by atoms with Gasteiger partial charge in [-0.2, -0.15) is 0 Å². The number of H-pyrrole nitrogens is 2. The summed E-state index contributed by atoms with van der Waals surface area (Å²) in [4.78, 5) is 26.6. The van der Waals surface area contributed by atoms with E-state index in [-0.39, 0.29) is 0 Å². The summed E-state index contributed by atoms with van der Waals surface area (Å²) in [6, 6.07) is 34.4. The van der Waals surface area contributed by atoms with Gasteiger partial charge in [0, 0.05) is 13.2 Å². The highest BCUT2D eigenvalue weighted by Crippen LogP contribution is 2.38. The third-order valence-electron chi connectivity index (χ3n) is 12.6. The van der Waals surface area contributed by atoms with Crippen LogP contribution in [0, 0.1) is 0 Å². The van der Waals surface area contributed by atoms with Crippen molar-refractivity contribution in [1.29, 1.82) is 0 Å². The van der Waals surface area contributed by atoms with Crippen molar-refractivity contribution < 1.29 is 4.74 Å². The number of nitrogens with zero attached hydrogens (tertiary/aromatic N) is 4. The molecule has 7 heteroatoms. The lowest BCUT2D eigenvalue weighted by Gasteiger charge is -2.16. The zero-order valence-electron chi connectivity index (χ0n) is 46.8. The average molecular weight is 957 g/mol. The Labute approximate surface area is 430 Å². The van der Waals surface area contributed by atoms with Crippen LogP contribution < -0.4 is 0 Å². The van der Waals surface area contributed by atoms with E-state index in [9.17, 15) is 0 Å². The molecule has 6 aromatic rings. The lowest BCUT2D eigenvalue weighted by atomic mass is 9.93. The molecular weight excluding hydrogens is 869 g/mol. The molecule has 7 nitrogen and oxygen atoms in total. The van der Waals surface area contributed by atoms with Gasteiger partial charge in [-0.1, -0.05) is 184 Å². The van der Waals surface area contributed by atoms with Crippen LogP contribution in [-0.2, 0) is 4.74 Å².